The Labute approximate surface area is 168 Å². The lowest BCUT2D eigenvalue weighted by Crippen LogP contribution is -2.06. The summed E-state index contributed by atoms with van der Waals surface area (Å²) in [5.41, 5.74) is 4.44. The molecule has 0 saturated heterocycles. The number of hydrogen-bond donors (Lipinski definition) is 2. The van der Waals surface area contributed by atoms with Gasteiger partial charge >= 0.3 is 5.97 Å². The van der Waals surface area contributed by atoms with E-state index in [0.717, 1.165) is 41.5 Å². The van der Waals surface area contributed by atoms with Crippen LogP contribution < -0.4 is 5.32 Å². The third-order valence-electron chi connectivity index (χ3n) is 5.42. The van der Waals surface area contributed by atoms with E-state index in [-0.39, 0.29) is 5.56 Å². The highest BCUT2D eigenvalue weighted by Crippen LogP contribution is 2.40. The van der Waals surface area contributed by atoms with Gasteiger partial charge in [-0.3, -0.25) is 0 Å². The molecule has 0 amide bonds. The number of aromatic carboxylic acids is 1. The Kier molecular flexibility index (Phi) is 4.28. The zero-order valence-corrected chi connectivity index (χ0v) is 15.9. The molecule has 1 saturated carbocycles. The Hall–Kier alpha value is -3.60. The fourth-order valence-electron chi connectivity index (χ4n) is 3.72. The van der Waals surface area contributed by atoms with E-state index in [1.807, 2.05) is 30.3 Å². The summed E-state index contributed by atoms with van der Waals surface area (Å²) in [6.07, 6.45) is 6.10. The molecule has 1 aliphatic rings. The van der Waals surface area contributed by atoms with Gasteiger partial charge in [0.25, 0.3) is 0 Å². The molecule has 5 rings (SSSR count). The van der Waals surface area contributed by atoms with E-state index in [1.165, 1.54) is 5.56 Å². The first kappa shape index (κ1) is 17.5. The molecule has 144 valence electrons. The van der Waals surface area contributed by atoms with Crippen LogP contribution in [0.1, 0.15) is 40.2 Å². The van der Waals surface area contributed by atoms with Crippen LogP contribution in [0.5, 0.6) is 0 Å². The Bertz CT molecular complexity index is 1190. The van der Waals surface area contributed by atoms with Gasteiger partial charge in [0, 0.05) is 35.5 Å². The van der Waals surface area contributed by atoms with Crippen LogP contribution in [0, 0.1) is 0 Å². The van der Waals surface area contributed by atoms with Crippen molar-refractivity contribution in [3.05, 3.63) is 89.7 Å². The molecule has 2 heterocycles. The van der Waals surface area contributed by atoms with E-state index < -0.39 is 5.97 Å². The summed E-state index contributed by atoms with van der Waals surface area (Å²) in [6.45, 7) is 0.810. The van der Waals surface area contributed by atoms with Gasteiger partial charge < -0.3 is 15.0 Å². The number of carboxylic acids is 1. The quantitative estimate of drug-likeness (QED) is 0.468. The number of carboxylic acid groups (broad SMARTS) is 1. The van der Waals surface area contributed by atoms with Crippen molar-refractivity contribution >= 4 is 28.4 Å². The monoisotopic (exact) mass is 383 g/mol. The van der Waals surface area contributed by atoms with Crippen molar-refractivity contribution in [2.75, 3.05) is 5.32 Å². The zero-order chi connectivity index (χ0) is 19.8. The number of rotatable bonds is 6. The maximum Gasteiger partial charge on any atom is 0.339 e. The van der Waals surface area contributed by atoms with Crippen LogP contribution in [0.25, 0.3) is 10.9 Å². The molecule has 0 radical (unpaired) electrons. The van der Waals surface area contributed by atoms with Crippen LogP contribution >= 0.6 is 0 Å². The number of benzene rings is 2. The number of aromatic nitrogens is 2. The van der Waals surface area contributed by atoms with E-state index >= 15 is 0 Å². The van der Waals surface area contributed by atoms with Gasteiger partial charge in [-0.05, 0) is 60.2 Å². The summed E-state index contributed by atoms with van der Waals surface area (Å²) in [5, 5.41) is 13.9. The zero-order valence-electron chi connectivity index (χ0n) is 15.9. The fourth-order valence-corrected chi connectivity index (χ4v) is 3.72. The van der Waals surface area contributed by atoms with E-state index in [1.54, 1.807) is 12.3 Å². The average Bonchev–Trinajstić information content (AvgIpc) is 3.51. The summed E-state index contributed by atoms with van der Waals surface area (Å²) in [7, 11) is 0. The van der Waals surface area contributed by atoms with E-state index in [0.29, 0.717) is 11.7 Å². The highest BCUT2D eigenvalue weighted by molar-refractivity contribution is 5.94. The van der Waals surface area contributed by atoms with Crippen molar-refractivity contribution in [2.24, 2.45) is 0 Å². The van der Waals surface area contributed by atoms with Crippen LogP contribution in [0.2, 0.25) is 0 Å². The standard InChI is InChI=1S/C24H21N3O2/c28-24(29)21-13-19(17-6-7-17)14-25-23(21)26-20-8-9-22-18(12-20)10-11-27(22)15-16-4-2-1-3-5-16/h1-5,8-14,17H,6-7,15H2,(H,25,26)(H,28,29). The van der Waals surface area contributed by atoms with Crippen LogP contribution in [-0.4, -0.2) is 20.6 Å². The maximum atomic E-state index is 11.7. The molecular weight excluding hydrogens is 362 g/mol. The van der Waals surface area contributed by atoms with E-state index in [2.05, 4.69) is 45.3 Å². The van der Waals surface area contributed by atoms with Gasteiger partial charge in [-0.1, -0.05) is 30.3 Å². The Balaban J connectivity index is 1.42. The fraction of sp³-hybridized carbons (Fsp3) is 0.167. The number of pyridine rings is 1. The number of nitrogens with zero attached hydrogens (tertiary/aromatic N) is 2. The van der Waals surface area contributed by atoms with Crippen molar-refractivity contribution in [1.82, 2.24) is 9.55 Å². The second kappa shape index (κ2) is 7.09. The molecule has 0 spiro atoms. The van der Waals surface area contributed by atoms with Gasteiger partial charge in [-0.2, -0.15) is 0 Å². The number of anilines is 2. The Morgan fingerprint density at radius 2 is 1.93 bits per heavy atom. The van der Waals surface area contributed by atoms with E-state index in [9.17, 15) is 9.90 Å². The number of hydrogen-bond acceptors (Lipinski definition) is 3. The lowest BCUT2D eigenvalue weighted by Gasteiger charge is -2.11. The minimum atomic E-state index is -0.961. The minimum absolute atomic E-state index is 0.219. The molecule has 0 aliphatic heterocycles. The molecule has 1 fully saturated rings. The third-order valence-corrected chi connectivity index (χ3v) is 5.42. The molecular formula is C24H21N3O2. The number of fused-ring (bicyclic) bond motifs is 1. The van der Waals surface area contributed by atoms with Gasteiger partial charge in [0.15, 0.2) is 0 Å². The molecule has 1 aliphatic carbocycles. The topological polar surface area (TPSA) is 67.2 Å². The first-order valence-electron chi connectivity index (χ1n) is 9.80. The van der Waals surface area contributed by atoms with Crippen molar-refractivity contribution in [3.8, 4) is 0 Å². The molecule has 0 bridgehead atoms. The molecule has 4 aromatic rings. The van der Waals surface area contributed by atoms with Crippen LogP contribution in [-0.2, 0) is 6.54 Å². The van der Waals surface area contributed by atoms with Crippen LogP contribution in [0.15, 0.2) is 73.1 Å². The van der Waals surface area contributed by atoms with Crippen molar-refractivity contribution in [1.29, 1.82) is 0 Å². The second-order valence-electron chi connectivity index (χ2n) is 7.57. The van der Waals surface area contributed by atoms with Crippen molar-refractivity contribution < 1.29 is 9.90 Å². The van der Waals surface area contributed by atoms with Crippen LogP contribution in [0.3, 0.4) is 0 Å². The molecule has 29 heavy (non-hydrogen) atoms. The molecule has 2 aromatic carbocycles. The summed E-state index contributed by atoms with van der Waals surface area (Å²) in [5.74, 6) is -0.113. The highest BCUT2D eigenvalue weighted by atomic mass is 16.4. The van der Waals surface area contributed by atoms with Gasteiger partial charge in [0.1, 0.15) is 11.4 Å². The highest BCUT2D eigenvalue weighted by Gasteiger charge is 2.26. The first-order chi connectivity index (χ1) is 14.2. The lowest BCUT2D eigenvalue weighted by atomic mass is 10.1. The maximum absolute atomic E-state index is 11.7. The van der Waals surface area contributed by atoms with Gasteiger partial charge in [-0.25, -0.2) is 9.78 Å². The summed E-state index contributed by atoms with van der Waals surface area (Å²) in [4.78, 5) is 16.1. The largest absolute Gasteiger partial charge is 0.478 e. The lowest BCUT2D eigenvalue weighted by molar-refractivity contribution is 0.0697. The van der Waals surface area contributed by atoms with Gasteiger partial charge in [0.2, 0.25) is 0 Å². The first-order valence-corrected chi connectivity index (χ1v) is 9.80. The normalized spacial score (nSPS) is 13.5. The van der Waals surface area contributed by atoms with Crippen LogP contribution in [0.4, 0.5) is 11.5 Å². The van der Waals surface area contributed by atoms with Crippen molar-refractivity contribution in [2.45, 2.75) is 25.3 Å². The summed E-state index contributed by atoms with van der Waals surface area (Å²) < 4.78 is 2.21. The molecule has 2 N–H and O–H groups in total. The molecule has 0 atom stereocenters. The Morgan fingerprint density at radius 3 is 2.69 bits per heavy atom. The molecule has 5 nitrogen and oxygen atoms in total. The average molecular weight is 383 g/mol. The minimum Gasteiger partial charge on any atom is -0.478 e. The Morgan fingerprint density at radius 1 is 1.10 bits per heavy atom. The number of nitrogens with one attached hydrogen (secondary N) is 1. The molecule has 2 aromatic heterocycles. The second-order valence-corrected chi connectivity index (χ2v) is 7.57. The number of carbonyl (C=O) groups is 1. The predicted octanol–water partition coefficient (Wildman–Crippen LogP) is 5.40. The van der Waals surface area contributed by atoms with E-state index in [4.69, 9.17) is 0 Å². The van der Waals surface area contributed by atoms with Gasteiger partial charge in [0.05, 0.1) is 0 Å². The molecule has 5 heteroatoms. The van der Waals surface area contributed by atoms with Gasteiger partial charge in [-0.15, -0.1) is 0 Å². The smallest absolute Gasteiger partial charge is 0.339 e. The summed E-state index contributed by atoms with van der Waals surface area (Å²) in [6, 6.07) is 20.2. The third kappa shape index (κ3) is 3.59. The summed E-state index contributed by atoms with van der Waals surface area (Å²) >= 11 is 0. The predicted molar refractivity (Wildman–Crippen MR) is 114 cm³/mol. The SMILES string of the molecule is O=C(O)c1cc(C2CC2)cnc1Nc1ccc2c(ccn2Cc2ccccc2)c1. The van der Waals surface area contributed by atoms with Crippen molar-refractivity contribution in [3.63, 3.8) is 0 Å². The molecule has 0 unspecified atom stereocenters.